The van der Waals surface area contributed by atoms with E-state index < -0.39 is 0 Å². The van der Waals surface area contributed by atoms with E-state index in [4.69, 9.17) is 0 Å². The fourth-order valence-electron chi connectivity index (χ4n) is 2.46. The molecule has 0 atom stereocenters. The topological polar surface area (TPSA) is 71.8 Å². The molecule has 19 heavy (non-hydrogen) atoms. The molecule has 0 unspecified atom stereocenters. The van der Waals surface area contributed by atoms with E-state index in [1.54, 1.807) is 11.0 Å². The maximum Gasteiger partial charge on any atom is 0.234 e. The van der Waals surface area contributed by atoms with Gasteiger partial charge in [0.15, 0.2) is 5.82 Å². The molecule has 0 aromatic carbocycles. The van der Waals surface area contributed by atoms with Crippen LogP contribution < -0.4 is 10.6 Å². The summed E-state index contributed by atoms with van der Waals surface area (Å²) in [5.74, 6) is 0.785. The van der Waals surface area contributed by atoms with Gasteiger partial charge in [-0.05, 0) is 12.8 Å². The molecule has 1 fully saturated rings. The number of carbonyl (C=O) groups is 1. The van der Waals surface area contributed by atoms with Crippen molar-refractivity contribution in [3.8, 4) is 0 Å². The summed E-state index contributed by atoms with van der Waals surface area (Å²) in [7, 11) is 1.83. The highest BCUT2D eigenvalue weighted by atomic mass is 16.1. The Morgan fingerprint density at radius 1 is 1.37 bits per heavy atom. The zero-order chi connectivity index (χ0) is 13.5. The summed E-state index contributed by atoms with van der Waals surface area (Å²) in [5, 5.41) is 10.3. The molecule has 2 rings (SSSR count). The Kier molecular flexibility index (Phi) is 5.32. The summed E-state index contributed by atoms with van der Waals surface area (Å²) in [6, 6.07) is 0.366. The van der Waals surface area contributed by atoms with E-state index in [-0.39, 0.29) is 5.91 Å². The number of rotatable bonds is 5. The first-order chi connectivity index (χ1) is 9.24. The van der Waals surface area contributed by atoms with Crippen LogP contribution in [-0.2, 0) is 18.4 Å². The van der Waals surface area contributed by atoms with Gasteiger partial charge >= 0.3 is 0 Å². The molecule has 0 bridgehead atoms. The third-order valence-corrected chi connectivity index (χ3v) is 3.44. The predicted molar refractivity (Wildman–Crippen MR) is 72.3 cm³/mol. The third kappa shape index (κ3) is 4.98. The van der Waals surface area contributed by atoms with Gasteiger partial charge in [0.25, 0.3) is 0 Å². The van der Waals surface area contributed by atoms with E-state index in [0.717, 1.165) is 12.8 Å². The van der Waals surface area contributed by atoms with Crippen molar-refractivity contribution in [1.82, 2.24) is 25.4 Å². The van der Waals surface area contributed by atoms with E-state index >= 15 is 0 Å². The van der Waals surface area contributed by atoms with Crippen molar-refractivity contribution in [2.75, 3.05) is 6.54 Å². The number of hydrogen-bond donors (Lipinski definition) is 2. The Balaban J connectivity index is 1.63. The highest BCUT2D eigenvalue weighted by molar-refractivity contribution is 5.78. The number of carbonyl (C=O) groups excluding carboxylic acids is 1. The van der Waals surface area contributed by atoms with Gasteiger partial charge in [-0.15, -0.1) is 0 Å². The average Bonchev–Trinajstić information content (AvgIpc) is 2.63. The Hall–Kier alpha value is -1.43. The molecule has 1 aliphatic rings. The first-order valence-electron chi connectivity index (χ1n) is 7.08. The summed E-state index contributed by atoms with van der Waals surface area (Å²) < 4.78 is 1.66. The lowest BCUT2D eigenvalue weighted by atomic mass is 10.1. The van der Waals surface area contributed by atoms with Crippen molar-refractivity contribution in [2.45, 2.75) is 51.1 Å². The van der Waals surface area contributed by atoms with Crippen LogP contribution in [0.3, 0.4) is 0 Å². The van der Waals surface area contributed by atoms with Crippen LogP contribution in [0.1, 0.15) is 44.3 Å². The molecule has 0 saturated heterocycles. The first kappa shape index (κ1) is 14.0. The standard InChI is InChI=1S/C13H23N5O/c1-18-10-15-12(17-18)8-14-9-13(19)16-11-6-4-2-3-5-7-11/h10-11,14H,2-9H2,1H3,(H,16,19). The van der Waals surface area contributed by atoms with Crippen LogP contribution in [0.2, 0.25) is 0 Å². The predicted octanol–water partition coefficient (Wildman–Crippen LogP) is 0.744. The molecule has 1 amide bonds. The van der Waals surface area contributed by atoms with Crippen LogP contribution in [-0.4, -0.2) is 33.3 Å². The number of nitrogens with one attached hydrogen (secondary N) is 2. The quantitative estimate of drug-likeness (QED) is 0.770. The number of nitrogens with zero attached hydrogens (tertiary/aromatic N) is 3. The van der Waals surface area contributed by atoms with E-state index in [1.165, 1.54) is 25.7 Å². The third-order valence-electron chi connectivity index (χ3n) is 3.44. The van der Waals surface area contributed by atoms with E-state index in [0.29, 0.717) is 25.0 Å². The van der Waals surface area contributed by atoms with Crippen molar-refractivity contribution in [2.24, 2.45) is 7.05 Å². The molecule has 2 N–H and O–H groups in total. The zero-order valence-electron chi connectivity index (χ0n) is 11.6. The lowest BCUT2D eigenvalue weighted by molar-refractivity contribution is -0.121. The molecule has 0 aliphatic heterocycles. The van der Waals surface area contributed by atoms with Crippen molar-refractivity contribution in [3.63, 3.8) is 0 Å². The Morgan fingerprint density at radius 2 is 2.11 bits per heavy atom. The largest absolute Gasteiger partial charge is 0.352 e. The van der Waals surface area contributed by atoms with E-state index in [9.17, 15) is 4.79 Å². The number of amides is 1. The van der Waals surface area contributed by atoms with Gasteiger partial charge in [0.2, 0.25) is 5.91 Å². The summed E-state index contributed by atoms with van der Waals surface area (Å²) in [5.41, 5.74) is 0. The summed E-state index contributed by atoms with van der Waals surface area (Å²) in [6.45, 7) is 0.855. The Bertz CT molecular complexity index is 395. The van der Waals surface area contributed by atoms with Crippen LogP contribution in [0.4, 0.5) is 0 Å². The average molecular weight is 265 g/mol. The fraction of sp³-hybridized carbons (Fsp3) is 0.769. The monoisotopic (exact) mass is 265 g/mol. The van der Waals surface area contributed by atoms with Crippen LogP contribution in [0, 0.1) is 0 Å². The van der Waals surface area contributed by atoms with Crippen molar-refractivity contribution in [3.05, 3.63) is 12.2 Å². The molecule has 1 saturated carbocycles. The lowest BCUT2D eigenvalue weighted by Crippen LogP contribution is -2.40. The number of hydrogen-bond acceptors (Lipinski definition) is 4. The number of aryl methyl sites for hydroxylation is 1. The maximum absolute atomic E-state index is 11.8. The second-order valence-electron chi connectivity index (χ2n) is 5.19. The molecule has 0 spiro atoms. The fourth-order valence-corrected chi connectivity index (χ4v) is 2.46. The van der Waals surface area contributed by atoms with Gasteiger partial charge in [-0.25, -0.2) is 4.98 Å². The van der Waals surface area contributed by atoms with Gasteiger partial charge in [0.05, 0.1) is 13.1 Å². The second-order valence-corrected chi connectivity index (χ2v) is 5.19. The van der Waals surface area contributed by atoms with Gasteiger partial charge in [0.1, 0.15) is 6.33 Å². The van der Waals surface area contributed by atoms with Gasteiger partial charge in [0, 0.05) is 13.1 Å². The second kappa shape index (κ2) is 7.23. The van der Waals surface area contributed by atoms with Gasteiger partial charge in [-0.1, -0.05) is 25.7 Å². The van der Waals surface area contributed by atoms with E-state index in [1.807, 2.05) is 7.05 Å². The van der Waals surface area contributed by atoms with Crippen LogP contribution in [0.25, 0.3) is 0 Å². The Labute approximate surface area is 114 Å². The molecular formula is C13H23N5O. The van der Waals surface area contributed by atoms with Gasteiger partial charge < -0.3 is 10.6 Å². The van der Waals surface area contributed by atoms with Crippen LogP contribution >= 0.6 is 0 Å². The SMILES string of the molecule is Cn1cnc(CNCC(=O)NC2CCCCCC2)n1. The highest BCUT2D eigenvalue weighted by Gasteiger charge is 2.14. The highest BCUT2D eigenvalue weighted by Crippen LogP contribution is 2.16. The maximum atomic E-state index is 11.8. The van der Waals surface area contributed by atoms with Crippen molar-refractivity contribution in [1.29, 1.82) is 0 Å². The van der Waals surface area contributed by atoms with Gasteiger partial charge in [-0.2, -0.15) is 5.10 Å². The number of aromatic nitrogens is 3. The summed E-state index contributed by atoms with van der Waals surface area (Å²) in [6.07, 6.45) is 8.96. The molecule has 1 aromatic heterocycles. The smallest absolute Gasteiger partial charge is 0.234 e. The van der Waals surface area contributed by atoms with Crippen molar-refractivity contribution < 1.29 is 4.79 Å². The minimum atomic E-state index is 0.0721. The molecule has 6 heteroatoms. The minimum Gasteiger partial charge on any atom is -0.352 e. The Morgan fingerprint density at radius 3 is 2.74 bits per heavy atom. The van der Waals surface area contributed by atoms with Gasteiger partial charge in [-0.3, -0.25) is 9.48 Å². The zero-order valence-corrected chi connectivity index (χ0v) is 11.6. The van der Waals surface area contributed by atoms with E-state index in [2.05, 4.69) is 20.7 Å². The molecule has 6 nitrogen and oxygen atoms in total. The van der Waals surface area contributed by atoms with Crippen LogP contribution in [0.15, 0.2) is 6.33 Å². The molecule has 106 valence electrons. The molecule has 0 radical (unpaired) electrons. The van der Waals surface area contributed by atoms with Crippen molar-refractivity contribution >= 4 is 5.91 Å². The summed E-state index contributed by atoms with van der Waals surface area (Å²) in [4.78, 5) is 15.9. The first-order valence-corrected chi connectivity index (χ1v) is 7.08. The normalized spacial score (nSPS) is 17.1. The molecular weight excluding hydrogens is 242 g/mol. The van der Waals surface area contributed by atoms with Crippen LogP contribution in [0.5, 0.6) is 0 Å². The minimum absolute atomic E-state index is 0.0721. The summed E-state index contributed by atoms with van der Waals surface area (Å²) >= 11 is 0. The molecule has 1 heterocycles. The molecule has 1 aromatic rings. The lowest BCUT2D eigenvalue weighted by Gasteiger charge is -2.16. The molecule has 1 aliphatic carbocycles.